The number of hydrogen-bond acceptors (Lipinski definition) is 2. The van der Waals surface area contributed by atoms with E-state index < -0.39 is 0 Å². The highest BCUT2D eigenvalue weighted by atomic mass is 35.5. The van der Waals surface area contributed by atoms with Crippen LogP contribution >= 0.6 is 23.2 Å². The van der Waals surface area contributed by atoms with Gasteiger partial charge in [-0.15, -0.1) is 0 Å². The molecule has 1 aromatic heterocycles. The van der Waals surface area contributed by atoms with Crippen molar-refractivity contribution in [2.75, 3.05) is 7.05 Å². The molecule has 0 saturated carbocycles. The molecule has 19 heavy (non-hydrogen) atoms. The Morgan fingerprint density at radius 2 is 2.16 bits per heavy atom. The van der Waals surface area contributed by atoms with Crippen LogP contribution in [0.15, 0.2) is 30.6 Å². The van der Waals surface area contributed by atoms with Gasteiger partial charge in [0.15, 0.2) is 0 Å². The second-order valence-electron chi connectivity index (χ2n) is 4.37. The first-order valence-corrected chi connectivity index (χ1v) is 7.06. The molecule has 2 aromatic rings. The van der Waals surface area contributed by atoms with Gasteiger partial charge in [0.05, 0.1) is 6.04 Å². The number of benzene rings is 1. The fraction of sp³-hybridized carbons (Fsp3) is 0.357. The summed E-state index contributed by atoms with van der Waals surface area (Å²) in [6, 6.07) is 5.51. The smallest absolute Gasteiger partial charge is 0.130 e. The summed E-state index contributed by atoms with van der Waals surface area (Å²) >= 11 is 12.2. The molecule has 0 fully saturated rings. The van der Waals surface area contributed by atoms with Crippen molar-refractivity contribution in [3.8, 4) is 0 Å². The zero-order chi connectivity index (χ0) is 13.8. The second kappa shape index (κ2) is 6.42. The number of imidazole rings is 1. The van der Waals surface area contributed by atoms with Crippen molar-refractivity contribution in [1.29, 1.82) is 0 Å². The van der Waals surface area contributed by atoms with Crippen LogP contribution in [0.4, 0.5) is 0 Å². The molecular formula is C14H17Cl2N3. The van der Waals surface area contributed by atoms with Crippen molar-refractivity contribution in [3.63, 3.8) is 0 Å². The maximum atomic E-state index is 6.29. The zero-order valence-electron chi connectivity index (χ0n) is 11.0. The van der Waals surface area contributed by atoms with E-state index in [1.54, 1.807) is 6.07 Å². The van der Waals surface area contributed by atoms with Gasteiger partial charge < -0.3 is 9.88 Å². The van der Waals surface area contributed by atoms with Crippen LogP contribution in [0.3, 0.4) is 0 Å². The fourth-order valence-corrected chi connectivity index (χ4v) is 2.69. The molecule has 1 atom stereocenters. The second-order valence-corrected chi connectivity index (χ2v) is 5.21. The van der Waals surface area contributed by atoms with Crippen LogP contribution in [0.5, 0.6) is 0 Å². The lowest BCUT2D eigenvalue weighted by Gasteiger charge is -2.19. The van der Waals surface area contributed by atoms with Crippen LogP contribution < -0.4 is 5.32 Å². The molecule has 1 heterocycles. The highest BCUT2D eigenvalue weighted by Gasteiger charge is 2.19. The van der Waals surface area contributed by atoms with Gasteiger partial charge in [0, 0.05) is 29.0 Å². The maximum Gasteiger partial charge on any atom is 0.130 e. The molecule has 0 radical (unpaired) electrons. The van der Waals surface area contributed by atoms with Crippen LogP contribution in [-0.4, -0.2) is 16.6 Å². The zero-order valence-corrected chi connectivity index (χ0v) is 12.5. The normalized spacial score (nSPS) is 12.6. The van der Waals surface area contributed by atoms with Gasteiger partial charge in [-0.1, -0.05) is 36.2 Å². The molecule has 102 valence electrons. The average molecular weight is 298 g/mol. The van der Waals surface area contributed by atoms with Crippen LogP contribution in [-0.2, 0) is 6.54 Å². The Morgan fingerprint density at radius 3 is 2.79 bits per heavy atom. The molecule has 0 aliphatic heterocycles. The Hall–Kier alpha value is -1.03. The Kier molecular flexibility index (Phi) is 4.86. The van der Waals surface area contributed by atoms with E-state index >= 15 is 0 Å². The van der Waals surface area contributed by atoms with Crippen LogP contribution in [0.1, 0.15) is 30.8 Å². The van der Waals surface area contributed by atoms with Crippen LogP contribution in [0, 0.1) is 0 Å². The van der Waals surface area contributed by atoms with Gasteiger partial charge in [-0.05, 0) is 31.2 Å². The molecule has 1 aromatic carbocycles. The van der Waals surface area contributed by atoms with Gasteiger partial charge >= 0.3 is 0 Å². The highest BCUT2D eigenvalue weighted by Crippen LogP contribution is 2.29. The van der Waals surface area contributed by atoms with Gasteiger partial charge in [-0.25, -0.2) is 4.98 Å². The predicted molar refractivity (Wildman–Crippen MR) is 79.9 cm³/mol. The molecule has 1 N–H and O–H groups in total. The standard InChI is InChI=1S/C14H17Cl2N3/c1-3-7-19-8-6-18-14(19)13(17-2)11-5-4-10(15)9-12(11)16/h4-6,8-9,13,17H,3,7H2,1-2H3. The number of nitrogens with one attached hydrogen (secondary N) is 1. The number of nitrogens with zero attached hydrogens (tertiary/aromatic N) is 2. The van der Waals surface area contributed by atoms with Gasteiger partial charge in [-0.3, -0.25) is 0 Å². The van der Waals surface area contributed by atoms with Crippen LogP contribution in [0.2, 0.25) is 10.0 Å². The number of aromatic nitrogens is 2. The summed E-state index contributed by atoms with van der Waals surface area (Å²) in [6.45, 7) is 3.09. The average Bonchev–Trinajstić information content (AvgIpc) is 2.82. The Morgan fingerprint density at radius 1 is 1.37 bits per heavy atom. The highest BCUT2D eigenvalue weighted by molar-refractivity contribution is 6.35. The molecule has 0 spiro atoms. The lowest BCUT2D eigenvalue weighted by atomic mass is 10.1. The third kappa shape index (κ3) is 3.11. The lowest BCUT2D eigenvalue weighted by molar-refractivity contribution is 0.568. The molecule has 0 aliphatic rings. The van der Waals surface area contributed by atoms with Crippen LogP contribution in [0.25, 0.3) is 0 Å². The van der Waals surface area contributed by atoms with Crippen molar-refractivity contribution in [1.82, 2.24) is 14.9 Å². The van der Waals surface area contributed by atoms with Gasteiger partial charge in [0.1, 0.15) is 5.82 Å². The molecule has 1 unspecified atom stereocenters. The summed E-state index contributed by atoms with van der Waals surface area (Å²) in [5, 5.41) is 4.56. The van der Waals surface area contributed by atoms with Crippen molar-refractivity contribution in [3.05, 3.63) is 52.0 Å². The predicted octanol–water partition coefficient (Wildman–Crippen LogP) is 3.91. The fourth-order valence-electron chi connectivity index (χ4n) is 2.17. The summed E-state index contributed by atoms with van der Waals surface area (Å²) in [7, 11) is 1.90. The van der Waals surface area contributed by atoms with Crippen molar-refractivity contribution < 1.29 is 0 Å². The summed E-state index contributed by atoms with van der Waals surface area (Å²) in [5.74, 6) is 0.966. The number of rotatable bonds is 5. The van der Waals surface area contributed by atoms with Gasteiger partial charge in [-0.2, -0.15) is 0 Å². The quantitative estimate of drug-likeness (QED) is 0.907. The number of aryl methyl sites for hydroxylation is 1. The minimum atomic E-state index is -0.0358. The van der Waals surface area contributed by atoms with Gasteiger partial charge in [0.2, 0.25) is 0 Å². The third-order valence-electron chi connectivity index (χ3n) is 3.03. The van der Waals surface area contributed by atoms with Gasteiger partial charge in [0.25, 0.3) is 0 Å². The molecule has 0 bridgehead atoms. The molecule has 0 aliphatic carbocycles. The Balaban J connectivity index is 2.41. The topological polar surface area (TPSA) is 29.9 Å². The van der Waals surface area contributed by atoms with Crippen molar-refractivity contribution in [2.24, 2.45) is 0 Å². The van der Waals surface area contributed by atoms with E-state index in [0.29, 0.717) is 10.0 Å². The number of hydrogen-bond donors (Lipinski definition) is 1. The minimum Gasteiger partial charge on any atom is -0.333 e. The monoisotopic (exact) mass is 297 g/mol. The first-order valence-electron chi connectivity index (χ1n) is 6.30. The minimum absolute atomic E-state index is 0.0358. The van der Waals surface area contributed by atoms with E-state index in [1.165, 1.54) is 0 Å². The first kappa shape index (κ1) is 14.4. The van der Waals surface area contributed by atoms with E-state index in [2.05, 4.69) is 21.8 Å². The van der Waals surface area contributed by atoms with E-state index in [1.807, 2.05) is 31.6 Å². The first-order chi connectivity index (χ1) is 9.17. The summed E-state index contributed by atoms with van der Waals surface area (Å²) in [5.41, 5.74) is 0.983. The lowest BCUT2D eigenvalue weighted by Crippen LogP contribution is -2.22. The summed E-state index contributed by atoms with van der Waals surface area (Å²) < 4.78 is 2.14. The van der Waals surface area contributed by atoms with E-state index in [-0.39, 0.29) is 6.04 Å². The maximum absolute atomic E-state index is 6.29. The van der Waals surface area contributed by atoms with Crippen molar-refractivity contribution in [2.45, 2.75) is 25.9 Å². The van der Waals surface area contributed by atoms with E-state index in [0.717, 1.165) is 24.4 Å². The molecule has 2 rings (SSSR count). The molecule has 3 nitrogen and oxygen atoms in total. The third-order valence-corrected chi connectivity index (χ3v) is 3.59. The molecule has 5 heteroatoms. The summed E-state index contributed by atoms with van der Waals surface area (Å²) in [6.07, 6.45) is 4.88. The largest absolute Gasteiger partial charge is 0.333 e. The molecular weight excluding hydrogens is 281 g/mol. The van der Waals surface area contributed by atoms with E-state index in [9.17, 15) is 0 Å². The Labute approximate surface area is 123 Å². The SMILES string of the molecule is CCCn1ccnc1C(NC)c1ccc(Cl)cc1Cl. The van der Waals surface area contributed by atoms with Crippen molar-refractivity contribution >= 4 is 23.2 Å². The number of halogens is 2. The summed E-state index contributed by atoms with van der Waals surface area (Å²) in [4.78, 5) is 4.45. The molecule has 0 saturated heterocycles. The van der Waals surface area contributed by atoms with E-state index in [4.69, 9.17) is 23.2 Å². The molecule has 0 amide bonds. The Bertz CT molecular complexity index is 551.